The van der Waals surface area contributed by atoms with Gasteiger partial charge < -0.3 is 19.9 Å². The van der Waals surface area contributed by atoms with Crippen LogP contribution in [0.25, 0.3) is 0 Å². The number of likely N-dealkylation sites (N-methyl/N-ethyl adjacent to an activating group) is 1. The molecule has 2 amide bonds. The van der Waals surface area contributed by atoms with Crippen molar-refractivity contribution in [2.75, 3.05) is 33.2 Å². The largest absolute Gasteiger partial charge is 0.443 e. The van der Waals surface area contributed by atoms with E-state index in [0.717, 1.165) is 64.0 Å². The Morgan fingerprint density at radius 1 is 1.10 bits per heavy atom. The quantitative estimate of drug-likeness (QED) is 0.826. The first kappa shape index (κ1) is 19.8. The molecule has 7 heteroatoms. The monoisotopic (exact) mass is 412 g/mol. The number of carbonyl (C=O) groups is 2. The Balaban J connectivity index is 1.32. The van der Waals surface area contributed by atoms with Gasteiger partial charge in [0.05, 0.1) is 0 Å². The molecule has 6 rings (SSSR count). The third-order valence-electron chi connectivity index (χ3n) is 7.57. The molecule has 1 N–H and O–H groups in total. The number of hydrogen-bond donors (Lipinski definition) is 1. The highest BCUT2D eigenvalue weighted by Crippen LogP contribution is 2.59. The van der Waals surface area contributed by atoms with Gasteiger partial charge in [-0.3, -0.25) is 4.79 Å². The van der Waals surface area contributed by atoms with Gasteiger partial charge in [-0.25, -0.2) is 9.78 Å². The lowest BCUT2D eigenvalue weighted by molar-refractivity contribution is -0.147. The number of hydrogen-bond acceptors (Lipinski definition) is 5. The minimum atomic E-state index is -0.433. The van der Waals surface area contributed by atoms with Gasteiger partial charge in [0.15, 0.2) is 0 Å². The number of aryl methyl sites for hydroxylation is 1. The summed E-state index contributed by atoms with van der Waals surface area (Å²) in [6.07, 6.45) is 5.57. The summed E-state index contributed by atoms with van der Waals surface area (Å²) >= 11 is 0. The second-order valence-corrected chi connectivity index (χ2v) is 10.2. The third-order valence-corrected chi connectivity index (χ3v) is 7.57. The Morgan fingerprint density at radius 2 is 1.80 bits per heavy atom. The highest BCUT2D eigenvalue weighted by Gasteiger charge is 2.60. The van der Waals surface area contributed by atoms with E-state index >= 15 is 0 Å². The zero-order valence-corrected chi connectivity index (χ0v) is 18.0. The Kier molecular flexibility index (Phi) is 4.76. The number of nitrogens with one attached hydrogen (secondary N) is 1. The maximum atomic E-state index is 13.0. The zero-order valence-electron chi connectivity index (χ0n) is 18.0. The molecule has 0 radical (unpaired) electrons. The molecule has 7 nitrogen and oxygen atoms in total. The molecule has 1 aromatic heterocycles. The Bertz CT molecular complexity index is 835. The van der Waals surface area contributed by atoms with E-state index < -0.39 is 5.60 Å². The molecule has 162 valence electrons. The number of amides is 2. The second kappa shape index (κ2) is 7.22. The van der Waals surface area contributed by atoms with Gasteiger partial charge in [0.1, 0.15) is 11.3 Å². The molecule has 5 aliphatic rings. The number of pyridine rings is 1. The van der Waals surface area contributed by atoms with Gasteiger partial charge >= 0.3 is 6.09 Å². The summed E-state index contributed by atoms with van der Waals surface area (Å²) in [6, 6.07) is 5.54. The predicted molar refractivity (Wildman–Crippen MR) is 112 cm³/mol. The summed E-state index contributed by atoms with van der Waals surface area (Å²) in [7, 11) is 2.08. The minimum absolute atomic E-state index is 0.110. The van der Waals surface area contributed by atoms with Crippen molar-refractivity contribution in [3.05, 3.63) is 29.6 Å². The van der Waals surface area contributed by atoms with Crippen LogP contribution in [0.1, 0.15) is 54.7 Å². The number of carbonyl (C=O) groups excluding carboxylic acids is 2. The zero-order chi connectivity index (χ0) is 20.9. The lowest BCUT2D eigenvalue weighted by Gasteiger charge is -2.61. The molecule has 0 aromatic carbocycles. The number of ether oxygens (including phenoxy) is 1. The van der Waals surface area contributed by atoms with E-state index in [1.807, 2.05) is 24.0 Å². The fourth-order valence-electron chi connectivity index (χ4n) is 6.66. The summed E-state index contributed by atoms with van der Waals surface area (Å²) in [5, 5.41) is 3.34. The number of nitrogens with zero attached hydrogens (tertiary/aromatic N) is 3. The van der Waals surface area contributed by atoms with Crippen molar-refractivity contribution in [3.63, 3.8) is 0 Å². The van der Waals surface area contributed by atoms with Crippen LogP contribution in [0, 0.1) is 18.8 Å². The third kappa shape index (κ3) is 3.68. The van der Waals surface area contributed by atoms with E-state index in [9.17, 15) is 9.59 Å². The molecule has 5 fully saturated rings. The average molecular weight is 413 g/mol. The molecular weight excluding hydrogens is 380 g/mol. The fourth-order valence-corrected chi connectivity index (χ4v) is 6.66. The molecule has 2 heterocycles. The van der Waals surface area contributed by atoms with E-state index in [-0.39, 0.29) is 17.5 Å². The maximum Gasteiger partial charge on any atom is 0.410 e. The van der Waals surface area contributed by atoms with Crippen LogP contribution in [0.15, 0.2) is 18.2 Å². The summed E-state index contributed by atoms with van der Waals surface area (Å²) in [4.78, 5) is 34.4. The predicted octanol–water partition coefficient (Wildman–Crippen LogP) is 2.60. The highest BCUT2D eigenvalue weighted by molar-refractivity contribution is 5.92. The summed E-state index contributed by atoms with van der Waals surface area (Å²) in [5.74, 6) is 0.913. The standard InChI is InChI=1S/C23H32N4O3/c1-16-4-3-5-19(24-16)20(28)25-22-11-17-10-18(12-22)14-23(13-17,15-22)30-21(29)27-8-6-26(2)7-9-27/h3-5,17-18H,6-15H2,1-2H3,(H,25,28). The molecule has 4 bridgehead atoms. The van der Waals surface area contributed by atoms with Crippen LogP contribution in [0.5, 0.6) is 0 Å². The number of rotatable bonds is 3. The SMILES string of the molecule is Cc1cccc(C(=O)NC23CC4CC(C2)CC(OC(=O)N2CCN(C)CC2)(C4)C3)n1. The molecule has 1 aromatic rings. The lowest BCUT2D eigenvalue weighted by atomic mass is 9.51. The minimum Gasteiger partial charge on any atom is -0.443 e. The molecular formula is C23H32N4O3. The van der Waals surface area contributed by atoms with Crippen LogP contribution in [0.4, 0.5) is 4.79 Å². The van der Waals surface area contributed by atoms with Crippen LogP contribution in [-0.4, -0.2) is 71.2 Å². The van der Waals surface area contributed by atoms with Gasteiger partial charge in [0.2, 0.25) is 0 Å². The molecule has 2 unspecified atom stereocenters. The lowest BCUT2D eigenvalue weighted by Crippen LogP contribution is -2.67. The van der Waals surface area contributed by atoms with E-state index in [1.54, 1.807) is 6.07 Å². The van der Waals surface area contributed by atoms with Crippen LogP contribution in [0.3, 0.4) is 0 Å². The molecule has 4 aliphatic carbocycles. The second-order valence-electron chi connectivity index (χ2n) is 10.2. The van der Waals surface area contributed by atoms with Crippen LogP contribution < -0.4 is 5.32 Å². The van der Waals surface area contributed by atoms with Gasteiger partial charge in [-0.2, -0.15) is 0 Å². The molecule has 0 spiro atoms. The molecule has 30 heavy (non-hydrogen) atoms. The van der Waals surface area contributed by atoms with Crippen molar-refractivity contribution in [3.8, 4) is 0 Å². The normalized spacial score (nSPS) is 35.3. The number of piperazine rings is 1. The van der Waals surface area contributed by atoms with Gasteiger partial charge in [-0.15, -0.1) is 0 Å². The van der Waals surface area contributed by atoms with Crippen LogP contribution in [-0.2, 0) is 4.74 Å². The molecule has 1 aliphatic heterocycles. The Morgan fingerprint density at radius 3 is 2.47 bits per heavy atom. The van der Waals surface area contributed by atoms with Crippen molar-refractivity contribution in [1.29, 1.82) is 0 Å². The van der Waals surface area contributed by atoms with Crippen LogP contribution >= 0.6 is 0 Å². The topological polar surface area (TPSA) is 74.8 Å². The van der Waals surface area contributed by atoms with E-state index in [2.05, 4.69) is 22.2 Å². The maximum absolute atomic E-state index is 13.0. The smallest absolute Gasteiger partial charge is 0.410 e. The van der Waals surface area contributed by atoms with E-state index in [0.29, 0.717) is 17.5 Å². The van der Waals surface area contributed by atoms with Crippen LogP contribution in [0.2, 0.25) is 0 Å². The molecule has 2 atom stereocenters. The van der Waals surface area contributed by atoms with Crippen molar-refractivity contribution in [1.82, 2.24) is 20.1 Å². The first-order valence-corrected chi connectivity index (χ1v) is 11.3. The first-order valence-electron chi connectivity index (χ1n) is 11.3. The Labute approximate surface area is 178 Å². The highest BCUT2D eigenvalue weighted by atomic mass is 16.6. The molecule has 4 saturated carbocycles. The molecule has 1 saturated heterocycles. The van der Waals surface area contributed by atoms with E-state index in [4.69, 9.17) is 4.74 Å². The van der Waals surface area contributed by atoms with E-state index in [1.165, 1.54) is 6.42 Å². The summed E-state index contributed by atoms with van der Waals surface area (Å²) in [5.41, 5.74) is 0.590. The first-order chi connectivity index (χ1) is 14.3. The average Bonchev–Trinajstić information content (AvgIpc) is 2.66. The van der Waals surface area contributed by atoms with Crippen molar-refractivity contribution < 1.29 is 14.3 Å². The van der Waals surface area contributed by atoms with Gasteiger partial charge in [0, 0.05) is 43.8 Å². The number of aromatic nitrogens is 1. The van der Waals surface area contributed by atoms with Crippen molar-refractivity contribution in [2.24, 2.45) is 11.8 Å². The van der Waals surface area contributed by atoms with Crippen molar-refractivity contribution in [2.45, 2.75) is 56.6 Å². The Hall–Kier alpha value is -2.15. The van der Waals surface area contributed by atoms with Gasteiger partial charge in [-0.05, 0) is 70.0 Å². The fraction of sp³-hybridized carbons (Fsp3) is 0.696. The summed E-state index contributed by atoms with van der Waals surface area (Å²) in [6.45, 7) is 5.11. The van der Waals surface area contributed by atoms with Gasteiger partial charge in [0.25, 0.3) is 5.91 Å². The van der Waals surface area contributed by atoms with Crippen molar-refractivity contribution >= 4 is 12.0 Å². The van der Waals surface area contributed by atoms with Gasteiger partial charge in [-0.1, -0.05) is 6.07 Å². The summed E-state index contributed by atoms with van der Waals surface area (Å²) < 4.78 is 6.26.